The SMILES string of the molecule is CCCCC1OC1(CCc1ccccc1)C(F)(F)F. The highest BCUT2D eigenvalue weighted by atomic mass is 19.4. The van der Waals surface area contributed by atoms with Gasteiger partial charge in [0.1, 0.15) is 0 Å². The van der Waals surface area contributed by atoms with Crippen LogP contribution in [0.4, 0.5) is 13.2 Å². The fourth-order valence-corrected chi connectivity index (χ4v) is 2.49. The van der Waals surface area contributed by atoms with Gasteiger partial charge in [-0.25, -0.2) is 0 Å². The first-order chi connectivity index (χ1) is 8.99. The highest BCUT2D eigenvalue weighted by Crippen LogP contribution is 2.54. The van der Waals surface area contributed by atoms with E-state index in [1.165, 1.54) is 0 Å². The molecule has 106 valence electrons. The van der Waals surface area contributed by atoms with Gasteiger partial charge in [0, 0.05) is 0 Å². The van der Waals surface area contributed by atoms with Crippen LogP contribution in [-0.4, -0.2) is 17.9 Å². The van der Waals surface area contributed by atoms with E-state index in [9.17, 15) is 13.2 Å². The Morgan fingerprint density at radius 2 is 1.89 bits per heavy atom. The molecule has 0 saturated carbocycles. The summed E-state index contributed by atoms with van der Waals surface area (Å²) in [4.78, 5) is 0. The Kier molecular flexibility index (Phi) is 4.19. The average Bonchev–Trinajstić information content (AvgIpc) is 3.10. The molecule has 0 N–H and O–H groups in total. The van der Waals surface area contributed by atoms with Crippen LogP contribution in [0.5, 0.6) is 0 Å². The Morgan fingerprint density at radius 1 is 1.21 bits per heavy atom. The molecule has 19 heavy (non-hydrogen) atoms. The van der Waals surface area contributed by atoms with Crippen molar-refractivity contribution in [1.82, 2.24) is 0 Å². The Bertz CT molecular complexity index is 402. The molecule has 0 aromatic heterocycles. The number of benzene rings is 1. The molecule has 1 heterocycles. The number of hydrogen-bond acceptors (Lipinski definition) is 1. The highest BCUT2D eigenvalue weighted by molar-refractivity contribution is 5.17. The van der Waals surface area contributed by atoms with Crippen LogP contribution in [0.15, 0.2) is 30.3 Å². The predicted octanol–water partition coefficient (Wildman–Crippen LogP) is 4.51. The van der Waals surface area contributed by atoms with Gasteiger partial charge in [-0.1, -0.05) is 50.1 Å². The maximum Gasteiger partial charge on any atom is 0.420 e. The first-order valence-corrected chi connectivity index (χ1v) is 6.78. The molecule has 0 bridgehead atoms. The smallest absolute Gasteiger partial charge is 0.356 e. The fourth-order valence-electron chi connectivity index (χ4n) is 2.49. The number of halogens is 3. The lowest BCUT2D eigenvalue weighted by atomic mass is 9.93. The van der Waals surface area contributed by atoms with Crippen molar-refractivity contribution in [1.29, 1.82) is 0 Å². The number of unbranched alkanes of at least 4 members (excludes halogenated alkanes) is 1. The Labute approximate surface area is 111 Å². The van der Waals surface area contributed by atoms with E-state index >= 15 is 0 Å². The summed E-state index contributed by atoms with van der Waals surface area (Å²) < 4.78 is 44.5. The standard InChI is InChI=1S/C15H19F3O/c1-2-3-9-13-14(19-13,15(16,17)18)11-10-12-7-5-4-6-8-12/h4-8,13H,2-3,9-11H2,1H3. The number of epoxide rings is 1. The number of ether oxygens (including phenoxy) is 1. The van der Waals surface area contributed by atoms with Crippen LogP contribution in [-0.2, 0) is 11.2 Å². The van der Waals surface area contributed by atoms with E-state index < -0.39 is 17.9 Å². The van der Waals surface area contributed by atoms with E-state index in [1.807, 2.05) is 37.3 Å². The van der Waals surface area contributed by atoms with Crippen molar-refractivity contribution in [2.45, 2.75) is 56.9 Å². The number of alkyl halides is 3. The zero-order chi connectivity index (χ0) is 13.9. The summed E-state index contributed by atoms with van der Waals surface area (Å²) >= 11 is 0. The van der Waals surface area contributed by atoms with Crippen LogP contribution in [0.25, 0.3) is 0 Å². The van der Waals surface area contributed by atoms with E-state index in [1.54, 1.807) is 0 Å². The average molecular weight is 272 g/mol. The van der Waals surface area contributed by atoms with Gasteiger partial charge in [0.15, 0.2) is 5.60 Å². The van der Waals surface area contributed by atoms with Crippen LogP contribution in [0.3, 0.4) is 0 Å². The van der Waals surface area contributed by atoms with Gasteiger partial charge in [0.25, 0.3) is 0 Å². The zero-order valence-corrected chi connectivity index (χ0v) is 11.0. The van der Waals surface area contributed by atoms with Crippen LogP contribution in [0.1, 0.15) is 38.2 Å². The van der Waals surface area contributed by atoms with Crippen molar-refractivity contribution in [3.63, 3.8) is 0 Å². The second kappa shape index (κ2) is 5.53. The summed E-state index contributed by atoms with van der Waals surface area (Å²) in [7, 11) is 0. The molecule has 1 aromatic rings. The molecular weight excluding hydrogens is 253 g/mol. The van der Waals surface area contributed by atoms with Gasteiger partial charge in [-0.2, -0.15) is 13.2 Å². The fraction of sp³-hybridized carbons (Fsp3) is 0.600. The lowest BCUT2D eigenvalue weighted by molar-refractivity contribution is -0.185. The Hall–Kier alpha value is -1.03. The molecule has 0 spiro atoms. The van der Waals surface area contributed by atoms with Gasteiger partial charge in [-0.3, -0.25) is 0 Å². The molecule has 1 aliphatic heterocycles. The van der Waals surface area contributed by atoms with Crippen LogP contribution in [0, 0.1) is 0 Å². The number of hydrogen-bond donors (Lipinski definition) is 0. The molecule has 4 heteroatoms. The third-order valence-electron chi connectivity index (χ3n) is 3.74. The Morgan fingerprint density at radius 3 is 2.47 bits per heavy atom. The van der Waals surface area contributed by atoms with Gasteiger partial charge in [0.2, 0.25) is 0 Å². The van der Waals surface area contributed by atoms with Crippen LogP contribution >= 0.6 is 0 Å². The van der Waals surface area contributed by atoms with Gasteiger partial charge in [-0.05, 0) is 24.8 Å². The lowest BCUT2D eigenvalue weighted by Crippen LogP contribution is -2.35. The maximum absolute atomic E-state index is 13.2. The van der Waals surface area contributed by atoms with Crippen molar-refractivity contribution in [2.24, 2.45) is 0 Å². The first kappa shape index (κ1) is 14.4. The molecule has 2 unspecified atom stereocenters. The summed E-state index contributed by atoms with van der Waals surface area (Å²) in [5, 5.41) is 0. The first-order valence-electron chi connectivity index (χ1n) is 6.78. The van der Waals surface area contributed by atoms with Gasteiger partial charge in [0.05, 0.1) is 6.10 Å². The Balaban J connectivity index is 1.97. The minimum atomic E-state index is -4.26. The summed E-state index contributed by atoms with van der Waals surface area (Å²) in [5.74, 6) is 0. The van der Waals surface area contributed by atoms with Crippen molar-refractivity contribution in [3.05, 3.63) is 35.9 Å². The highest BCUT2D eigenvalue weighted by Gasteiger charge is 2.71. The van der Waals surface area contributed by atoms with E-state index in [4.69, 9.17) is 4.74 Å². The molecule has 1 nitrogen and oxygen atoms in total. The van der Waals surface area contributed by atoms with E-state index in [0.717, 1.165) is 18.4 Å². The molecule has 1 saturated heterocycles. The van der Waals surface area contributed by atoms with Crippen LogP contribution in [0.2, 0.25) is 0 Å². The molecule has 0 aliphatic carbocycles. The quantitative estimate of drug-likeness (QED) is 0.694. The third kappa shape index (κ3) is 3.11. The molecule has 1 aliphatic rings. The minimum Gasteiger partial charge on any atom is -0.356 e. The molecule has 1 aromatic carbocycles. The monoisotopic (exact) mass is 272 g/mol. The molecule has 2 rings (SSSR count). The maximum atomic E-state index is 13.2. The van der Waals surface area contributed by atoms with Gasteiger partial charge >= 0.3 is 6.18 Å². The summed E-state index contributed by atoms with van der Waals surface area (Å²) in [6.07, 6.45) is -2.29. The molecule has 0 radical (unpaired) electrons. The largest absolute Gasteiger partial charge is 0.420 e. The number of rotatable bonds is 6. The molecular formula is C15H19F3O. The van der Waals surface area contributed by atoms with Crippen molar-refractivity contribution in [3.8, 4) is 0 Å². The third-order valence-corrected chi connectivity index (χ3v) is 3.74. The second-order valence-corrected chi connectivity index (χ2v) is 5.12. The normalized spacial score (nSPS) is 26.4. The lowest BCUT2D eigenvalue weighted by Gasteiger charge is -2.17. The summed E-state index contributed by atoms with van der Waals surface area (Å²) in [6.45, 7) is 1.97. The minimum absolute atomic E-state index is 0.0227. The van der Waals surface area contributed by atoms with E-state index in [0.29, 0.717) is 12.8 Å². The van der Waals surface area contributed by atoms with Crippen LogP contribution < -0.4 is 0 Å². The van der Waals surface area contributed by atoms with Crippen molar-refractivity contribution < 1.29 is 17.9 Å². The summed E-state index contributed by atoms with van der Waals surface area (Å²) in [6, 6.07) is 9.26. The van der Waals surface area contributed by atoms with Crippen molar-refractivity contribution in [2.75, 3.05) is 0 Å². The number of aryl methyl sites for hydroxylation is 1. The van der Waals surface area contributed by atoms with Gasteiger partial charge < -0.3 is 4.74 Å². The topological polar surface area (TPSA) is 12.5 Å². The van der Waals surface area contributed by atoms with E-state index in [2.05, 4.69) is 0 Å². The van der Waals surface area contributed by atoms with E-state index in [-0.39, 0.29) is 6.42 Å². The predicted molar refractivity (Wildman–Crippen MR) is 67.9 cm³/mol. The molecule has 1 fully saturated rings. The summed E-state index contributed by atoms with van der Waals surface area (Å²) in [5.41, 5.74) is -0.964. The molecule has 0 amide bonds. The molecule has 2 atom stereocenters. The van der Waals surface area contributed by atoms with Gasteiger partial charge in [-0.15, -0.1) is 0 Å². The van der Waals surface area contributed by atoms with Crippen molar-refractivity contribution >= 4 is 0 Å². The second-order valence-electron chi connectivity index (χ2n) is 5.12. The zero-order valence-electron chi connectivity index (χ0n) is 11.0.